The Balaban J connectivity index is 1.45. The lowest BCUT2D eigenvalue weighted by Gasteiger charge is -2.32. The summed E-state index contributed by atoms with van der Waals surface area (Å²) >= 11 is 0. The van der Waals surface area contributed by atoms with Gasteiger partial charge in [0.2, 0.25) is 0 Å². The van der Waals surface area contributed by atoms with Gasteiger partial charge in [-0.2, -0.15) is 0 Å². The number of piperidine rings is 1. The van der Waals surface area contributed by atoms with Crippen LogP contribution in [0.5, 0.6) is 0 Å². The lowest BCUT2D eigenvalue weighted by molar-refractivity contribution is -0.112. The number of hydrogen-bond donors (Lipinski definition) is 0. The highest BCUT2D eigenvalue weighted by Gasteiger charge is 2.42. The first-order valence-electron chi connectivity index (χ1n) is 7.65. The van der Waals surface area contributed by atoms with Crippen LogP contribution in [0.25, 0.3) is 0 Å². The van der Waals surface area contributed by atoms with Crippen molar-refractivity contribution in [2.24, 2.45) is 5.92 Å². The number of carbonyl (C=O) groups is 1. The smallest absolute Gasteiger partial charge is 0.123 e. The number of nitrogens with zero attached hydrogens (tertiary/aromatic N) is 1. The fourth-order valence-corrected chi connectivity index (χ4v) is 3.97. The summed E-state index contributed by atoms with van der Waals surface area (Å²) < 4.78 is 6.35. The Kier molecular flexibility index (Phi) is 3.71. The molecule has 3 rings (SSSR count). The third-order valence-electron chi connectivity index (χ3n) is 5.14. The monoisotopic (exact) mass is 251 g/mol. The van der Waals surface area contributed by atoms with Crippen LogP contribution < -0.4 is 0 Å². The maximum Gasteiger partial charge on any atom is 0.123 e. The van der Waals surface area contributed by atoms with E-state index in [0.29, 0.717) is 12.0 Å². The Hall–Kier alpha value is -0.410. The second-order valence-electron chi connectivity index (χ2n) is 6.44. The van der Waals surface area contributed by atoms with Gasteiger partial charge in [0.1, 0.15) is 6.29 Å². The number of carbonyl (C=O) groups excluding carboxylic acids is 1. The summed E-state index contributed by atoms with van der Waals surface area (Å²) in [6, 6.07) is 0. The highest BCUT2D eigenvalue weighted by atomic mass is 16.5. The molecule has 0 N–H and O–H groups in total. The molecular formula is C15H25NO2. The first-order chi connectivity index (χ1) is 8.80. The van der Waals surface area contributed by atoms with E-state index in [-0.39, 0.29) is 5.60 Å². The molecule has 0 aromatic rings. The highest BCUT2D eigenvalue weighted by Crippen LogP contribution is 2.43. The van der Waals surface area contributed by atoms with Crippen LogP contribution in [0.4, 0.5) is 0 Å². The number of ether oxygens (including phenoxy) is 1. The third-order valence-corrected chi connectivity index (χ3v) is 5.14. The number of hydrogen-bond acceptors (Lipinski definition) is 3. The van der Waals surface area contributed by atoms with Crippen molar-refractivity contribution in [3.05, 3.63) is 0 Å². The summed E-state index contributed by atoms with van der Waals surface area (Å²) in [5, 5.41) is 0. The second kappa shape index (κ2) is 5.30. The topological polar surface area (TPSA) is 29.5 Å². The van der Waals surface area contributed by atoms with Crippen LogP contribution in [0, 0.1) is 5.92 Å². The van der Waals surface area contributed by atoms with Crippen molar-refractivity contribution >= 4 is 6.29 Å². The van der Waals surface area contributed by atoms with E-state index in [2.05, 4.69) is 4.90 Å². The van der Waals surface area contributed by atoms with Gasteiger partial charge in [0, 0.05) is 12.5 Å². The van der Waals surface area contributed by atoms with E-state index < -0.39 is 0 Å². The molecule has 1 atom stereocenters. The van der Waals surface area contributed by atoms with Gasteiger partial charge in [0.25, 0.3) is 0 Å². The molecular weight excluding hydrogens is 226 g/mol. The van der Waals surface area contributed by atoms with Crippen LogP contribution in [-0.2, 0) is 9.53 Å². The minimum Gasteiger partial charge on any atom is -0.370 e. The van der Waals surface area contributed by atoms with Crippen molar-refractivity contribution in [3.63, 3.8) is 0 Å². The van der Waals surface area contributed by atoms with E-state index in [4.69, 9.17) is 4.74 Å². The molecule has 2 saturated heterocycles. The first kappa shape index (κ1) is 12.6. The maximum atomic E-state index is 10.7. The molecule has 3 aliphatic rings. The van der Waals surface area contributed by atoms with Gasteiger partial charge >= 0.3 is 0 Å². The van der Waals surface area contributed by atoms with E-state index in [1.165, 1.54) is 38.5 Å². The molecule has 1 spiro atoms. The molecule has 0 amide bonds. The van der Waals surface area contributed by atoms with E-state index in [0.717, 1.165) is 38.8 Å². The average Bonchev–Trinajstić information content (AvgIpc) is 3.02. The zero-order valence-electron chi connectivity index (χ0n) is 11.3. The zero-order valence-corrected chi connectivity index (χ0v) is 11.3. The van der Waals surface area contributed by atoms with Crippen molar-refractivity contribution in [2.45, 2.75) is 63.1 Å². The van der Waals surface area contributed by atoms with Crippen LogP contribution >= 0.6 is 0 Å². The van der Waals surface area contributed by atoms with Crippen molar-refractivity contribution in [1.82, 2.24) is 4.90 Å². The summed E-state index contributed by atoms with van der Waals surface area (Å²) in [7, 11) is 0. The molecule has 18 heavy (non-hydrogen) atoms. The molecule has 0 bridgehead atoms. The summed E-state index contributed by atoms with van der Waals surface area (Å²) in [5.74, 6) is 0.312. The Labute approximate surface area is 110 Å². The van der Waals surface area contributed by atoms with Crippen LogP contribution in [0.15, 0.2) is 0 Å². The van der Waals surface area contributed by atoms with Crippen LogP contribution in [0.2, 0.25) is 0 Å². The third kappa shape index (κ3) is 2.62. The SMILES string of the molecule is O=CC1CCN(CC2CCC3(CCCC3)O2)CC1. The van der Waals surface area contributed by atoms with Gasteiger partial charge in [0.05, 0.1) is 11.7 Å². The maximum absolute atomic E-state index is 10.7. The molecule has 1 aliphatic carbocycles. The Morgan fingerprint density at radius 3 is 2.50 bits per heavy atom. The lowest BCUT2D eigenvalue weighted by Crippen LogP contribution is -2.40. The van der Waals surface area contributed by atoms with Crippen molar-refractivity contribution < 1.29 is 9.53 Å². The predicted octanol–water partition coefficient (Wildman–Crippen LogP) is 2.39. The fraction of sp³-hybridized carbons (Fsp3) is 0.933. The van der Waals surface area contributed by atoms with Gasteiger partial charge in [0.15, 0.2) is 0 Å². The van der Waals surface area contributed by atoms with Gasteiger partial charge in [-0.1, -0.05) is 12.8 Å². The Morgan fingerprint density at radius 2 is 1.83 bits per heavy atom. The van der Waals surface area contributed by atoms with Crippen LogP contribution in [0.3, 0.4) is 0 Å². The van der Waals surface area contributed by atoms with E-state index in [1.807, 2.05) is 0 Å². The quantitative estimate of drug-likeness (QED) is 0.721. The lowest BCUT2D eigenvalue weighted by atomic mass is 9.97. The average molecular weight is 251 g/mol. The summed E-state index contributed by atoms with van der Waals surface area (Å²) in [5.41, 5.74) is 0.270. The standard InChI is InChI=1S/C15H25NO2/c17-12-13-4-9-16(10-5-13)11-14-3-8-15(18-14)6-1-2-7-15/h12-14H,1-11H2. The molecule has 3 heteroatoms. The molecule has 102 valence electrons. The van der Waals surface area contributed by atoms with Gasteiger partial charge in [-0.05, 0) is 51.6 Å². The molecule has 1 saturated carbocycles. The van der Waals surface area contributed by atoms with Crippen molar-refractivity contribution in [2.75, 3.05) is 19.6 Å². The van der Waals surface area contributed by atoms with Gasteiger partial charge in [-0.25, -0.2) is 0 Å². The molecule has 0 aromatic heterocycles. The van der Waals surface area contributed by atoms with Crippen molar-refractivity contribution in [3.8, 4) is 0 Å². The van der Waals surface area contributed by atoms with E-state index in [1.54, 1.807) is 0 Å². The molecule has 1 unspecified atom stereocenters. The Morgan fingerprint density at radius 1 is 1.11 bits per heavy atom. The largest absolute Gasteiger partial charge is 0.370 e. The second-order valence-corrected chi connectivity index (χ2v) is 6.44. The summed E-state index contributed by atoms with van der Waals surface area (Å²) in [6.07, 6.45) is 11.5. The summed E-state index contributed by atoms with van der Waals surface area (Å²) in [6.45, 7) is 3.25. The first-order valence-corrected chi connectivity index (χ1v) is 7.65. The Bertz CT molecular complexity index is 291. The normalized spacial score (nSPS) is 33.2. The van der Waals surface area contributed by atoms with Gasteiger partial charge in [-0.15, -0.1) is 0 Å². The molecule has 0 aromatic carbocycles. The van der Waals surface area contributed by atoms with E-state index >= 15 is 0 Å². The molecule has 2 aliphatic heterocycles. The zero-order chi connectivity index (χ0) is 12.4. The number of rotatable bonds is 3. The highest BCUT2D eigenvalue weighted by molar-refractivity contribution is 5.53. The van der Waals surface area contributed by atoms with Gasteiger partial charge in [-0.3, -0.25) is 0 Å². The molecule has 2 heterocycles. The van der Waals surface area contributed by atoms with Gasteiger partial charge < -0.3 is 14.4 Å². The fourth-order valence-electron chi connectivity index (χ4n) is 3.97. The van der Waals surface area contributed by atoms with Crippen LogP contribution in [-0.4, -0.2) is 42.5 Å². The van der Waals surface area contributed by atoms with E-state index in [9.17, 15) is 4.79 Å². The number of likely N-dealkylation sites (tertiary alicyclic amines) is 1. The summed E-state index contributed by atoms with van der Waals surface area (Å²) in [4.78, 5) is 13.2. The molecule has 0 radical (unpaired) electrons. The minimum absolute atomic E-state index is 0.270. The van der Waals surface area contributed by atoms with Crippen LogP contribution in [0.1, 0.15) is 51.4 Å². The minimum atomic E-state index is 0.270. The van der Waals surface area contributed by atoms with Crippen molar-refractivity contribution in [1.29, 1.82) is 0 Å². The number of aldehydes is 1. The molecule has 3 nitrogen and oxygen atoms in total. The molecule has 3 fully saturated rings. The predicted molar refractivity (Wildman–Crippen MR) is 70.5 cm³/mol.